The van der Waals surface area contributed by atoms with Crippen molar-refractivity contribution < 1.29 is 0 Å². The third-order valence-corrected chi connectivity index (χ3v) is 4.55. The first-order chi connectivity index (χ1) is 5.20. The van der Waals surface area contributed by atoms with Crippen molar-refractivity contribution in [1.82, 2.24) is 5.32 Å². The maximum absolute atomic E-state index is 3.72. The molecule has 2 aliphatic rings. The minimum absolute atomic E-state index is 0.499. The predicted octanol–water partition coefficient (Wildman–Crippen LogP) is 2.23. The molecule has 1 aliphatic heterocycles. The highest BCUT2D eigenvalue weighted by molar-refractivity contribution is 8.00. The van der Waals surface area contributed by atoms with Crippen LogP contribution in [0.1, 0.15) is 33.1 Å². The second-order valence-electron chi connectivity index (χ2n) is 4.20. The zero-order chi connectivity index (χ0) is 7.90. The fourth-order valence-electron chi connectivity index (χ4n) is 2.33. The van der Waals surface area contributed by atoms with Gasteiger partial charge in [0.25, 0.3) is 0 Å². The van der Waals surface area contributed by atoms with Gasteiger partial charge in [-0.1, -0.05) is 6.92 Å². The van der Waals surface area contributed by atoms with Crippen molar-refractivity contribution in [1.29, 1.82) is 0 Å². The van der Waals surface area contributed by atoms with Crippen molar-refractivity contribution in [3.8, 4) is 0 Å². The highest BCUT2D eigenvalue weighted by Gasteiger charge is 2.42. The van der Waals surface area contributed by atoms with E-state index in [4.69, 9.17) is 0 Å². The van der Waals surface area contributed by atoms with Gasteiger partial charge in [-0.25, -0.2) is 0 Å². The molecule has 1 saturated heterocycles. The van der Waals surface area contributed by atoms with E-state index in [-0.39, 0.29) is 0 Å². The second-order valence-corrected chi connectivity index (χ2v) is 5.60. The Morgan fingerprint density at radius 2 is 2.27 bits per heavy atom. The summed E-state index contributed by atoms with van der Waals surface area (Å²) in [6.45, 7) is 4.67. The van der Waals surface area contributed by atoms with Crippen molar-refractivity contribution in [2.75, 3.05) is 5.75 Å². The summed E-state index contributed by atoms with van der Waals surface area (Å²) >= 11 is 2.15. The molecule has 64 valence electrons. The standard InChI is InChI=1S/C9H17NS/c1-7-3-4-9(5-7)10-8(2)6-11-9/h7-8,10H,3-6H2,1-2H3. The Balaban J connectivity index is 2.02. The van der Waals surface area contributed by atoms with Gasteiger partial charge in [0.1, 0.15) is 0 Å². The topological polar surface area (TPSA) is 12.0 Å². The van der Waals surface area contributed by atoms with E-state index >= 15 is 0 Å². The molecule has 3 atom stereocenters. The molecule has 0 bridgehead atoms. The lowest BCUT2D eigenvalue weighted by Crippen LogP contribution is -2.38. The molecular weight excluding hydrogens is 154 g/mol. The quantitative estimate of drug-likeness (QED) is 0.600. The van der Waals surface area contributed by atoms with Gasteiger partial charge in [-0.15, -0.1) is 11.8 Å². The van der Waals surface area contributed by atoms with Crippen LogP contribution in [0, 0.1) is 5.92 Å². The van der Waals surface area contributed by atoms with E-state index in [9.17, 15) is 0 Å². The smallest absolute Gasteiger partial charge is 0.0650 e. The zero-order valence-corrected chi connectivity index (χ0v) is 8.21. The molecule has 1 N–H and O–H groups in total. The first-order valence-corrected chi connectivity index (χ1v) is 5.60. The maximum atomic E-state index is 3.72. The van der Waals surface area contributed by atoms with E-state index in [2.05, 4.69) is 30.9 Å². The first-order valence-electron chi connectivity index (χ1n) is 4.62. The molecule has 2 heteroatoms. The summed E-state index contributed by atoms with van der Waals surface area (Å²) in [5.41, 5.74) is 0. The van der Waals surface area contributed by atoms with Crippen LogP contribution in [0.3, 0.4) is 0 Å². The highest BCUT2D eigenvalue weighted by Crippen LogP contribution is 2.45. The molecule has 0 aromatic heterocycles. The number of rotatable bonds is 0. The lowest BCUT2D eigenvalue weighted by Gasteiger charge is -2.23. The molecular formula is C9H17NS. The molecule has 0 amide bonds. The van der Waals surface area contributed by atoms with Crippen LogP contribution in [0.25, 0.3) is 0 Å². The molecule has 0 radical (unpaired) electrons. The average molecular weight is 171 g/mol. The van der Waals surface area contributed by atoms with Crippen LogP contribution < -0.4 is 5.32 Å². The van der Waals surface area contributed by atoms with Gasteiger partial charge in [0, 0.05) is 11.8 Å². The Bertz CT molecular complexity index is 140. The molecule has 3 unspecified atom stereocenters. The number of thioether (sulfide) groups is 1. The fourth-order valence-corrected chi connectivity index (χ4v) is 3.93. The first kappa shape index (κ1) is 7.93. The van der Waals surface area contributed by atoms with Crippen molar-refractivity contribution in [2.45, 2.75) is 44.0 Å². The summed E-state index contributed by atoms with van der Waals surface area (Å²) in [6.07, 6.45) is 4.21. The van der Waals surface area contributed by atoms with Crippen LogP contribution in [0.4, 0.5) is 0 Å². The van der Waals surface area contributed by atoms with Gasteiger partial charge in [0.05, 0.1) is 4.87 Å². The molecule has 1 aliphatic carbocycles. The molecule has 1 spiro atoms. The number of hydrogen-bond acceptors (Lipinski definition) is 2. The SMILES string of the molecule is CC1CCC2(C1)NC(C)CS2. The van der Waals surface area contributed by atoms with Crippen LogP contribution in [-0.2, 0) is 0 Å². The van der Waals surface area contributed by atoms with Gasteiger partial charge in [-0.3, -0.25) is 5.32 Å². The molecule has 1 saturated carbocycles. The van der Waals surface area contributed by atoms with Gasteiger partial charge >= 0.3 is 0 Å². The zero-order valence-electron chi connectivity index (χ0n) is 7.39. The van der Waals surface area contributed by atoms with Gasteiger partial charge in [-0.2, -0.15) is 0 Å². The van der Waals surface area contributed by atoms with Crippen LogP contribution >= 0.6 is 11.8 Å². The minimum atomic E-state index is 0.499. The third-order valence-electron chi connectivity index (χ3n) is 2.84. The Hall–Kier alpha value is 0.310. The molecule has 0 aromatic rings. The van der Waals surface area contributed by atoms with Crippen LogP contribution in [0.15, 0.2) is 0 Å². The average Bonchev–Trinajstić information content (AvgIpc) is 2.44. The van der Waals surface area contributed by atoms with Gasteiger partial charge in [0.15, 0.2) is 0 Å². The maximum Gasteiger partial charge on any atom is 0.0650 e. The predicted molar refractivity (Wildman–Crippen MR) is 50.8 cm³/mol. The van der Waals surface area contributed by atoms with Gasteiger partial charge in [0.2, 0.25) is 0 Å². The van der Waals surface area contributed by atoms with E-state index < -0.39 is 0 Å². The Labute approximate surface area is 73.3 Å². The van der Waals surface area contributed by atoms with E-state index in [1.165, 1.54) is 25.0 Å². The molecule has 11 heavy (non-hydrogen) atoms. The summed E-state index contributed by atoms with van der Waals surface area (Å²) < 4.78 is 0. The fraction of sp³-hybridized carbons (Fsp3) is 1.00. The Morgan fingerprint density at radius 3 is 2.73 bits per heavy atom. The van der Waals surface area contributed by atoms with Crippen molar-refractivity contribution >= 4 is 11.8 Å². The molecule has 2 fully saturated rings. The summed E-state index contributed by atoms with van der Waals surface area (Å²) in [7, 11) is 0. The molecule has 0 aromatic carbocycles. The van der Waals surface area contributed by atoms with E-state index in [0.29, 0.717) is 4.87 Å². The van der Waals surface area contributed by atoms with E-state index in [0.717, 1.165) is 12.0 Å². The van der Waals surface area contributed by atoms with Gasteiger partial charge < -0.3 is 0 Å². The minimum Gasteiger partial charge on any atom is -0.299 e. The number of hydrogen-bond donors (Lipinski definition) is 1. The molecule has 1 heterocycles. The monoisotopic (exact) mass is 171 g/mol. The van der Waals surface area contributed by atoms with Gasteiger partial charge in [-0.05, 0) is 32.1 Å². The van der Waals surface area contributed by atoms with E-state index in [1.807, 2.05) is 0 Å². The van der Waals surface area contributed by atoms with Crippen molar-refractivity contribution in [3.63, 3.8) is 0 Å². The van der Waals surface area contributed by atoms with Crippen LogP contribution in [-0.4, -0.2) is 16.7 Å². The largest absolute Gasteiger partial charge is 0.299 e. The molecule has 2 rings (SSSR count). The summed E-state index contributed by atoms with van der Waals surface area (Å²) in [5.74, 6) is 2.26. The summed E-state index contributed by atoms with van der Waals surface area (Å²) in [5, 5.41) is 3.72. The van der Waals surface area contributed by atoms with Crippen molar-refractivity contribution in [2.24, 2.45) is 5.92 Å². The second kappa shape index (κ2) is 2.67. The van der Waals surface area contributed by atoms with Crippen molar-refractivity contribution in [3.05, 3.63) is 0 Å². The third kappa shape index (κ3) is 1.43. The highest BCUT2D eigenvalue weighted by atomic mass is 32.2. The Kier molecular flexibility index (Phi) is 1.92. The van der Waals surface area contributed by atoms with E-state index in [1.54, 1.807) is 0 Å². The lowest BCUT2D eigenvalue weighted by molar-refractivity contribution is 0.448. The number of nitrogens with one attached hydrogen (secondary N) is 1. The van der Waals surface area contributed by atoms with Crippen LogP contribution in [0.5, 0.6) is 0 Å². The Morgan fingerprint density at radius 1 is 1.45 bits per heavy atom. The lowest BCUT2D eigenvalue weighted by atomic mass is 10.1. The summed E-state index contributed by atoms with van der Waals surface area (Å²) in [6, 6.07) is 0.741. The van der Waals surface area contributed by atoms with Crippen LogP contribution in [0.2, 0.25) is 0 Å². The molecule has 1 nitrogen and oxygen atoms in total. The summed E-state index contributed by atoms with van der Waals surface area (Å²) in [4.78, 5) is 0.499. The normalized spacial score (nSPS) is 50.7.